The van der Waals surface area contributed by atoms with E-state index < -0.39 is 0 Å². The lowest BCUT2D eigenvalue weighted by Crippen LogP contribution is -2.05. The number of H-pyrrole nitrogens is 2. The summed E-state index contributed by atoms with van der Waals surface area (Å²) in [5.41, 5.74) is 4.33. The third kappa shape index (κ3) is 2.54. The van der Waals surface area contributed by atoms with E-state index in [0.717, 1.165) is 33.5 Å². The van der Waals surface area contributed by atoms with Crippen LogP contribution in [0.4, 0.5) is 0 Å². The molecule has 0 atom stereocenters. The van der Waals surface area contributed by atoms with Crippen LogP contribution in [0.15, 0.2) is 35.4 Å². The number of nitrogens with zero attached hydrogens (tertiary/aromatic N) is 1. The van der Waals surface area contributed by atoms with E-state index in [1.807, 2.05) is 39.0 Å². The maximum Gasteiger partial charge on any atom is 0.323 e. The fourth-order valence-corrected chi connectivity index (χ4v) is 2.47. The SMILES string of the molecule is Cc1ccc2[nH]c(=O)[nH]c2c1-c1cncc(OC(C)C)c1. The quantitative estimate of drug-likeness (QED) is 0.776. The molecule has 0 saturated heterocycles. The Balaban J connectivity index is 2.20. The maximum absolute atomic E-state index is 11.5. The van der Waals surface area contributed by atoms with E-state index in [2.05, 4.69) is 15.0 Å². The normalized spacial score (nSPS) is 11.2. The van der Waals surface area contributed by atoms with Crippen LogP contribution in [0.1, 0.15) is 19.4 Å². The van der Waals surface area contributed by atoms with Crippen LogP contribution in [0, 0.1) is 6.92 Å². The van der Waals surface area contributed by atoms with Gasteiger partial charge >= 0.3 is 5.69 Å². The van der Waals surface area contributed by atoms with Crippen molar-refractivity contribution in [1.29, 1.82) is 0 Å². The second-order valence-corrected chi connectivity index (χ2v) is 5.34. The van der Waals surface area contributed by atoms with E-state index in [0.29, 0.717) is 0 Å². The molecule has 108 valence electrons. The van der Waals surface area contributed by atoms with Crippen LogP contribution in [0.25, 0.3) is 22.2 Å². The number of nitrogens with one attached hydrogen (secondary N) is 2. The molecule has 0 aliphatic heterocycles. The van der Waals surface area contributed by atoms with E-state index >= 15 is 0 Å². The number of aromatic nitrogens is 3. The van der Waals surface area contributed by atoms with Crippen LogP contribution in [0.2, 0.25) is 0 Å². The summed E-state index contributed by atoms with van der Waals surface area (Å²) in [4.78, 5) is 21.4. The highest BCUT2D eigenvalue weighted by atomic mass is 16.5. The number of pyridine rings is 1. The van der Waals surface area contributed by atoms with Gasteiger partial charge in [-0.3, -0.25) is 4.98 Å². The van der Waals surface area contributed by atoms with Gasteiger partial charge in [-0.15, -0.1) is 0 Å². The zero-order valence-electron chi connectivity index (χ0n) is 12.2. The fourth-order valence-electron chi connectivity index (χ4n) is 2.47. The Morgan fingerprint density at radius 2 is 2.00 bits per heavy atom. The Bertz CT molecular complexity index is 846. The smallest absolute Gasteiger partial charge is 0.323 e. The number of aromatic amines is 2. The first kappa shape index (κ1) is 13.4. The van der Waals surface area contributed by atoms with Crippen molar-refractivity contribution in [2.24, 2.45) is 0 Å². The van der Waals surface area contributed by atoms with Gasteiger partial charge in [0.05, 0.1) is 23.3 Å². The molecule has 0 amide bonds. The van der Waals surface area contributed by atoms with Crippen molar-refractivity contribution in [3.8, 4) is 16.9 Å². The first-order valence-corrected chi connectivity index (χ1v) is 6.88. The van der Waals surface area contributed by atoms with Gasteiger partial charge in [0.2, 0.25) is 0 Å². The van der Waals surface area contributed by atoms with Crippen LogP contribution in [0.5, 0.6) is 5.75 Å². The summed E-state index contributed by atoms with van der Waals surface area (Å²) >= 11 is 0. The summed E-state index contributed by atoms with van der Waals surface area (Å²) in [7, 11) is 0. The van der Waals surface area contributed by atoms with E-state index in [4.69, 9.17) is 4.74 Å². The number of imidazole rings is 1. The van der Waals surface area contributed by atoms with Crippen LogP contribution in [-0.4, -0.2) is 21.1 Å². The molecule has 0 bridgehead atoms. The van der Waals surface area contributed by atoms with Gasteiger partial charge in [0.25, 0.3) is 0 Å². The van der Waals surface area contributed by atoms with Crippen LogP contribution >= 0.6 is 0 Å². The lowest BCUT2D eigenvalue weighted by atomic mass is 10.0. The first-order valence-electron chi connectivity index (χ1n) is 6.88. The Morgan fingerprint density at radius 3 is 2.76 bits per heavy atom. The molecular formula is C16H17N3O2. The molecule has 2 aromatic heterocycles. The Morgan fingerprint density at radius 1 is 1.19 bits per heavy atom. The van der Waals surface area contributed by atoms with Gasteiger partial charge in [0.1, 0.15) is 5.75 Å². The molecule has 0 fully saturated rings. The standard InChI is InChI=1S/C16H17N3O2/c1-9(2)21-12-6-11(7-17-8-12)14-10(3)4-5-13-15(14)19-16(20)18-13/h4-9H,1-3H3,(H2,18,19,20). The molecule has 0 saturated carbocycles. The van der Waals surface area contributed by atoms with Crippen molar-refractivity contribution in [1.82, 2.24) is 15.0 Å². The van der Waals surface area contributed by atoms with Crippen molar-refractivity contribution in [2.45, 2.75) is 26.9 Å². The number of hydrogen-bond acceptors (Lipinski definition) is 3. The number of hydrogen-bond donors (Lipinski definition) is 2. The molecule has 5 heteroatoms. The maximum atomic E-state index is 11.5. The molecule has 0 spiro atoms. The molecule has 3 aromatic rings. The minimum Gasteiger partial charge on any atom is -0.489 e. The minimum absolute atomic E-state index is 0.0889. The van der Waals surface area contributed by atoms with Gasteiger partial charge in [0.15, 0.2) is 0 Å². The molecule has 21 heavy (non-hydrogen) atoms. The van der Waals surface area contributed by atoms with Crippen LogP contribution in [-0.2, 0) is 0 Å². The molecule has 0 aliphatic rings. The highest BCUT2D eigenvalue weighted by Gasteiger charge is 2.11. The lowest BCUT2D eigenvalue weighted by molar-refractivity contribution is 0.241. The Labute approximate surface area is 122 Å². The third-order valence-corrected chi connectivity index (χ3v) is 3.27. The molecule has 3 rings (SSSR count). The second-order valence-electron chi connectivity index (χ2n) is 5.34. The van der Waals surface area contributed by atoms with Crippen molar-refractivity contribution < 1.29 is 4.74 Å². The van der Waals surface area contributed by atoms with Crippen molar-refractivity contribution in [3.05, 3.63) is 46.6 Å². The van der Waals surface area contributed by atoms with Gasteiger partial charge in [-0.2, -0.15) is 0 Å². The molecule has 0 unspecified atom stereocenters. The highest BCUT2D eigenvalue weighted by molar-refractivity contribution is 5.93. The van der Waals surface area contributed by atoms with Crippen LogP contribution < -0.4 is 10.4 Å². The summed E-state index contributed by atoms with van der Waals surface area (Å²) in [5, 5.41) is 0. The average molecular weight is 283 g/mol. The Hall–Kier alpha value is -2.56. The summed E-state index contributed by atoms with van der Waals surface area (Å²) in [6.07, 6.45) is 3.56. The molecule has 2 heterocycles. The van der Waals surface area contributed by atoms with Crippen molar-refractivity contribution >= 4 is 11.0 Å². The van der Waals surface area contributed by atoms with E-state index in [1.165, 1.54) is 0 Å². The molecule has 5 nitrogen and oxygen atoms in total. The topological polar surface area (TPSA) is 70.8 Å². The van der Waals surface area contributed by atoms with E-state index in [9.17, 15) is 4.79 Å². The summed E-state index contributed by atoms with van der Waals surface area (Å²) in [6, 6.07) is 5.82. The van der Waals surface area contributed by atoms with Gasteiger partial charge < -0.3 is 14.7 Å². The number of rotatable bonds is 3. The average Bonchev–Trinajstić information content (AvgIpc) is 2.78. The lowest BCUT2D eigenvalue weighted by Gasteiger charge is -2.12. The zero-order chi connectivity index (χ0) is 15.0. The third-order valence-electron chi connectivity index (χ3n) is 3.27. The number of ether oxygens (including phenoxy) is 1. The fraction of sp³-hybridized carbons (Fsp3) is 0.250. The Kier molecular flexibility index (Phi) is 3.25. The molecule has 0 radical (unpaired) electrons. The summed E-state index contributed by atoms with van der Waals surface area (Å²) in [5.74, 6) is 0.719. The highest BCUT2D eigenvalue weighted by Crippen LogP contribution is 2.31. The molecule has 0 aliphatic carbocycles. The summed E-state index contributed by atoms with van der Waals surface area (Å²) < 4.78 is 5.69. The van der Waals surface area contributed by atoms with E-state index in [-0.39, 0.29) is 11.8 Å². The van der Waals surface area contributed by atoms with Gasteiger partial charge in [-0.05, 0) is 38.5 Å². The van der Waals surface area contributed by atoms with Crippen molar-refractivity contribution in [2.75, 3.05) is 0 Å². The van der Waals surface area contributed by atoms with Gasteiger partial charge in [-0.25, -0.2) is 4.79 Å². The predicted octanol–water partition coefficient (Wildman–Crippen LogP) is 3.01. The van der Waals surface area contributed by atoms with Crippen LogP contribution in [0.3, 0.4) is 0 Å². The number of benzene rings is 1. The predicted molar refractivity (Wildman–Crippen MR) is 82.7 cm³/mol. The molecule has 1 aromatic carbocycles. The summed E-state index contributed by atoms with van der Waals surface area (Å²) in [6.45, 7) is 5.96. The molecular weight excluding hydrogens is 266 g/mol. The first-order chi connectivity index (χ1) is 10.0. The van der Waals surface area contributed by atoms with Gasteiger partial charge in [-0.1, -0.05) is 6.07 Å². The monoisotopic (exact) mass is 283 g/mol. The number of fused-ring (bicyclic) bond motifs is 1. The van der Waals surface area contributed by atoms with Gasteiger partial charge in [0, 0.05) is 17.3 Å². The minimum atomic E-state index is -0.209. The number of aryl methyl sites for hydroxylation is 1. The van der Waals surface area contributed by atoms with Crippen molar-refractivity contribution in [3.63, 3.8) is 0 Å². The zero-order valence-corrected chi connectivity index (χ0v) is 12.2. The molecule has 2 N–H and O–H groups in total. The largest absolute Gasteiger partial charge is 0.489 e. The second kappa shape index (κ2) is 5.09. The van der Waals surface area contributed by atoms with E-state index in [1.54, 1.807) is 12.4 Å².